The Bertz CT molecular complexity index is 1070. The van der Waals surface area contributed by atoms with Crippen molar-refractivity contribution in [2.24, 2.45) is 0 Å². The highest BCUT2D eigenvalue weighted by molar-refractivity contribution is 6.30. The molecule has 0 unspecified atom stereocenters. The van der Waals surface area contributed by atoms with Gasteiger partial charge in [-0.3, -0.25) is 9.59 Å². The van der Waals surface area contributed by atoms with Crippen molar-refractivity contribution in [3.63, 3.8) is 0 Å². The fourth-order valence-electron chi connectivity index (χ4n) is 3.53. The molecule has 4 rings (SSSR count). The van der Waals surface area contributed by atoms with Gasteiger partial charge in [0.05, 0.1) is 11.0 Å². The molecule has 0 saturated carbocycles. The lowest BCUT2D eigenvalue weighted by Gasteiger charge is -2.38. The van der Waals surface area contributed by atoms with Crippen LogP contribution in [0.5, 0.6) is 0 Å². The number of halogens is 1. The number of aliphatic hydroxyl groups is 1. The molecule has 1 fully saturated rings. The van der Waals surface area contributed by atoms with Gasteiger partial charge in [-0.25, -0.2) is 4.68 Å². The van der Waals surface area contributed by atoms with Crippen LogP contribution in [0.15, 0.2) is 53.3 Å². The summed E-state index contributed by atoms with van der Waals surface area (Å²) >= 11 is 5.91. The zero-order chi connectivity index (χ0) is 19.7. The lowest BCUT2D eigenvalue weighted by molar-refractivity contribution is -0.136. The van der Waals surface area contributed by atoms with Crippen molar-refractivity contribution in [1.29, 1.82) is 0 Å². The van der Waals surface area contributed by atoms with Crippen LogP contribution in [-0.4, -0.2) is 44.0 Å². The number of fused-ring (bicyclic) bond motifs is 1. The topological polar surface area (TPSA) is 88.3 Å². The van der Waals surface area contributed by atoms with E-state index in [9.17, 15) is 14.7 Å². The molecule has 0 radical (unpaired) electrons. The van der Waals surface area contributed by atoms with Crippen molar-refractivity contribution < 1.29 is 9.90 Å². The number of carbonyl (C=O) groups is 1. The van der Waals surface area contributed by atoms with Crippen molar-refractivity contribution in [3.8, 4) is 0 Å². The molecule has 1 aliphatic heterocycles. The summed E-state index contributed by atoms with van der Waals surface area (Å²) in [4.78, 5) is 26.8. The number of carbonyl (C=O) groups excluding carboxylic acids is 1. The highest BCUT2D eigenvalue weighted by Crippen LogP contribution is 2.33. The van der Waals surface area contributed by atoms with Gasteiger partial charge < -0.3 is 10.0 Å². The van der Waals surface area contributed by atoms with E-state index in [2.05, 4.69) is 10.3 Å². The van der Waals surface area contributed by atoms with E-state index in [0.29, 0.717) is 41.9 Å². The average molecular weight is 399 g/mol. The summed E-state index contributed by atoms with van der Waals surface area (Å²) in [7, 11) is 0. The van der Waals surface area contributed by atoms with Crippen LogP contribution in [0.2, 0.25) is 5.02 Å². The second kappa shape index (κ2) is 7.33. The Balaban J connectivity index is 1.45. The molecule has 1 N–H and O–H groups in total. The van der Waals surface area contributed by atoms with Crippen LogP contribution in [-0.2, 0) is 16.9 Å². The maximum Gasteiger partial charge on any atom is 0.278 e. The van der Waals surface area contributed by atoms with E-state index in [1.807, 2.05) is 12.1 Å². The fourth-order valence-corrected chi connectivity index (χ4v) is 3.66. The smallest absolute Gasteiger partial charge is 0.278 e. The predicted molar refractivity (Wildman–Crippen MR) is 105 cm³/mol. The number of piperidine rings is 1. The van der Waals surface area contributed by atoms with Crippen molar-refractivity contribution in [2.45, 2.75) is 25.0 Å². The molecule has 1 amide bonds. The predicted octanol–water partition coefficient (Wildman–Crippen LogP) is 1.96. The van der Waals surface area contributed by atoms with E-state index in [1.54, 1.807) is 41.3 Å². The van der Waals surface area contributed by atoms with Crippen LogP contribution in [0, 0.1) is 0 Å². The van der Waals surface area contributed by atoms with Gasteiger partial charge in [0.25, 0.3) is 5.56 Å². The molecule has 1 saturated heterocycles. The number of benzene rings is 2. The number of amides is 1. The molecule has 1 aromatic heterocycles. The fraction of sp³-hybridized carbons (Fsp3) is 0.300. The second-order valence-electron chi connectivity index (χ2n) is 6.99. The van der Waals surface area contributed by atoms with E-state index in [0.717, 1.165) is 10.2 Å². The average Bonchev–Trinajstić information content (AvgIpc) is 2.71. The first-order valence-corrected chi connectivity index (χ1v) is 9.43. The number of rotatable bonds is 3. The Morgan fingerprint density at radius 3 is 2.50 bits per heavy atom. The van der Waals surface area contributed by atoms with Crippen molar-refractivity contribution in [3.05, 3.63) is 69.5 Å². The molecule has 0 spiro atoms. The Morgan fingerprint density at radius 1 is 1.11 bits per heavy atom. The van der Waals surface area contributed by atoms with E-state index in [-0.39, 0.29) is 18.0 Å². The van der Waals surface area contributed by atoms with Gasteiger partial charge in [0.2, 0.25) is 5.91 Å². The third-order valence-corrected chi connectivity index (χ3v) is 5.49. The number of nitrogens with zero attached hydrogens (tertiary/aromatic N) is 4. The quantitative estimate of drug-likeness (QED) is 0.728. The Hall–Kier alpha value is -2.77. The van der Waals surface area contributed by atoms with Gasteiger partial charge in [-0.1, -0.05) is 41.1 Å². The zero-order valence-corrected chi connectivity index (χ0v) is 15.8. The van der Waals surface area contributed by atoms with Gasteiger partial charge >= 0.3 is 0 Å². The molecule has 0 aliphatic carbocycles. The van der Waals surface area contributed by atoms with E-state index < -0.39 is 5.60 Å². The molecule has 8 heteroatoms. The van der Waals surface area contributed by atoms with Crippen LogP contribution in [0.3, 0.4) is 0 Å². The SMILES string of the molecule is O=C(Cn1nnc2ccccc2c1=O)N1CCC(O)(c2ccc(Cl)cc2)CC1. The normalized spacial score (nSPS) is 16.3. The number of hydrogen-bond acceptors (Lipinski definition) is 5. The monoisotopic (exact) mass is 398 g/mol. The number of hydrogen-bond donors (Lipinski definition) is 1. The van der Waals surface area contributed by atoms with Crippen molar-refractivity contribution in [2.75, 3.05) is 13.1 Å². The molecule has 144 valence electrons. The second-order valence-corrected chi connectivity index (χ2v) is 7.43. The van der Waals surface area contributed by atoms with Crippen molar-refractivity contribution in [1.82, 2.24) is 19.9 Å². The van der Waals surface area contributed by atoms with E-state index >= 15 is 0 Å². The van der Waals surface area contributed by atoms with Crippen LogP contribution in [0.4, 0.5) is 0 Å². The minimum absolute atomic E-state index is 0.171. The highest BCUT2D eigenvalue weighted by atomic mass is 35.5. The van der Waals surface area contributed by atoms with E-state index in [4.69, 9.17) is 11.6 Å². The van der Waals surface area contributed by atoms with Crippen molar-refractivity contribution >= 4 is 28.4 Å². The first-order chi connectivity index (χ1) is 13.5. The standard InChI is InChI=1S/C20H19ClN4O3/c21-15-7-5-14(6-8-15)20(28)9-11-24(12-10-20)18(26)13-25-19(27)16-3-1-2-4-17(16)22-23-25/h1-8,28H,9-13H2. The van der Waals surface area contributed by atoms with Gasteiger partial charge in [0, 0.05) is 18.1 Å². The third kappa shape index (κ3) is 3.50. The molecular formula is C20H19ClN4O3. The molecule has 2 heterocycles. The summed E-state index contributed by atoms with van der Waals surface area (Å²) in [5.41, 5.74) is -0.0301. The summed E-state index contributed by atoms with van der Waals surface area (Å²) in [6.45, 7) is 0.623. The molecule has 0 bridgehead atoms. The lowest BCUT2D eigenvalue weighted by atomic mass is 9.84. The number of likely N-dealkylation sites (tertiary alicyclic amines) is 1. The molecule has 28 heavy (non-hydrogen) atoms. The minimum Gasteiger partial charge on any atom is -0.385 e. The maximum atomic E-state index is 12.6. The van der Waals surface area contributed by atoms with Gasteiger partial charge in [0.15, 0.2) is 0 Å². The molecular weight excluding hydrogens is 380 g/mol. The highest BCUT2D eigenvalue weighted by Gasteiger charge is 2.35. The van der Waals surface area contributed by atoms with Gasteiger partial charge in [-0.05, 0) is 42.7 Å². The third-order valence-electron chi connectivity index (χ3n) is 5.24. The number of aromatic nitrogens is 3. The van der Waals surface area contributed by atoms with Crippen LogP contribution < -0.4 is 5.56 Å². The summed E-state index contributed by atoms with van der Waals surface area (Å²) < 4.78 is 1.09. The summed E-state index contributed by atoms with van der Waals surface area (Å²) in [5.74, 6) is -0.218. The maximum absolute atomic E-state index is 12.6. The summed E-state index contributed by atoms with van der Waals surface area (Å²) in [6.07, 6.45) is 0.831. The molecule has 7 nitrogen and oxygen atoms in total. The Morgan fingerprint density at radius 2 is 1.79 bits per heavy atom. The molecule has 3 aromatic rings. The Labute approximate surface area is 166 Å². The lowest BCUT2D eigenvalue weighted by Crippen LogP contribution is -2.47. The van der Waals surface area contributed by atoms with Gasteiger partial charge in [-0.2, -0.15) is 0 Å². The largest absolute Gasteiger partial charge is 0.385 e. The zero-order valence-electron chi connectivity index (χ0n) is 15.1. The summed E-state index contributed by atoms with van der Waals surface area (Å²) in [5, 5.41) is 19.8. The van der Waals surface area contributed by atoms with Crippen LogP contribution in [0.1, 0.15) is 18.4 Å². The van der Waals surface area contributed by atoms with Gasteiger partial charge in [0.1, 0.15) is 12.1 Å². The molecule has 1 aliphatic rings. The molecule has 0 atom stereocenters. The minimum atomic E-state index is -0.985. The summed E-state index contributed by atoms with van der Waals surface area (Å²) in [6, 6.07) is 14.0. The first kappa shape index (κ1) is 18.6. The first-order valence-electron chi connectivity index (χ1n) is 9.05. The van der Waals surface area contributed by atoms with E-state index in [1.165, 1.54) is 0 Å². The Kier molecular flexibility index (Phi) is 4.87. The van der Waals surface area contributed by atoms with Crippen LogP contribution >= 0.6 is 11.6 Å². The molecule has 2 aromatic carbocycles. The van der Waals surface area contributed by atoms with Gasteiger partial charge in [-0.15, -0.1) is 5.10 Å². The van der Waals surface area contributed by atoms with Crippen LogP contribution in [0.25, 0.3) is 10.9 Å².